The lowest BCUT2D eigenvalue weighted by atomic mass is 9.90. The molecular weight excluding hydrogens is 415 g/mol. The molecule has 10 heteroatoms. The van der Waals surface area contributed by atoms with Crippen LogP contribution < -0.4 is 20.4 Å². The average molecular weight is 437 g/mol. The Bertz CT molecular complexity index is 1150. The van der Waals surface area contributed by atoms with Crippen molar-refractivity contribution in [1.29, 1.82) is 0 Å². The lowest BCUT2D eigenvalue weighted by molar-refractivity contribution is -0.0811. The second-order valence-corrected chi connectivity index (χ2v) is 8.54. The molecular formula is C21H22F3N3O4. The Morgan fingerprint density at radius 2 is 2.06 bits per heavy atom. The summed E-state index contributed by atoms with van der Waals surface area (Å²) in [7, 11) is 1.33. The summed E-state index contributed by atoms with van der Waals surface area (Å²) in [5.74, 6) is -5.92. The molecule has 7 nitrogen and oxygen atoms in total. The molecule has 1 aliphatic carbocycles. The third-order valence-electron chi connectivity index (χ3n) is 6.62. The summed E-state index contributed by atoms with van der Waals surface area (Å²) in [6.45, 7) is 0.322. The standard InChI is InChI=1S/C21H22F3N3O4/c1-31-19-16-11(18(28)12(20(29)30)7-27(16)10-2-3-10)6-14(22)17(19)26-8-13-15(9-26)25-5-4-21(13,23)24/h6-7,10,13,15,25H,2-5,8-9H2,1H3,(H,29,30). The molecule has 0 bridgehead atoms. The Labute approximate surface area is 175 Å². The third kappa shape index (κ3) is 3.07. The van der Waals surface area contributed by atoms with Gasteiger partial charge in [-0.2, -0.15) is 0 Å². The number of carbonyl (C=O) groups is 1. The number of carboxylic acid groups (broad SMARTS) is 1. The first-order valence-electron chi connectivity index (χ1n) is 10.3. The van der Waals surface area contributed by atoms with Crippen LogP contribution in [-0.2, 0) is 0 Å². The van der Waals surface area contributed by atoms with Crippen molar-refractivity contribution in [2.75, 3.05) is 31.6 Å². The van der Waals surface area contributed by atoms with Crippen molar-refractivity contribution in [2.45, 2.75) is 37.3 Å². The molecule has 3 heterocycles. The zero-order chi connectivity index (χ0) is 22.1. The van der Waals surface area contributed by atoms with Crippen LogP contribution in [0.2, 0.25) is 0 Å². The number of anilines is 1. The molecule has 166 valence electrons. The number of rotatable bonds is 4. The first kappa shape index (κ1) is 20.2. The molecule has 1 aromatic carbocycles. The number of hydrogen-bond acceptors (Lipinski definition) is 5. The van der Waals surface area contributed by atoms with Crippen LogP contribution in [0.4, 0.5) is 18.9 Å². The molecule has 2 N–H and O–H groups in total. The van der Waals surface area contributed by atoms with Gasteiger partial charge in [-0.1, -0.05) is 0 Å². The smallest absolute Gasteiger partial charge is 0.341 e. The van der Waals surface area contributed by atoms with Gasteiger partial charge in [0.25, 0.3) is 5.92 Å². The van der Waals surface area contributed by atoms with Gasteiger partial charge in [-0.05, 0) is 18.9 Å². The van der Waals surface area contributed by atoms with Crippen molar-refractivity contribution >= 4 is 22.6 Å². The Hall–Kier alpha value is -2.75. The highest BCUT2D eigenvalue weighted by Gasteiger charge is 2.52. The zero-order valence-corrected chi connectivity index (χ0v) is 16.8. The molecule has 2 unspecified atom stereocenters. The summed E-state index contributed by atoms with van der Waals surface area (Å²) in [6, 6.07) is 0.498. The molecule has 2 atom stereocenters. The number of hydrogen-bond donors (Lipinski definition) is 2. The highest BCUT2D eigenvalue weighted by molar-refractivity contribution is 5.97. The van der Waals surface area contributed by atoms with Crippen LogP contribution in [0.25, 0.3) is 10.9 Å². The first-order chi connectivity index (χ1) is 14.7. The maximum Gasteiger partial charge on any atom is 0.341 e. The number of methoxy groups -OCH3 is 1. The topological polar surface area (TPSA) is 83.8 Å². The van der Waals surface area contributed by atoms with Gasteiger partial charge in [0.15, 0.2) is 11.6 Å². The van der Waals surface area contributed by atoms with E-state index in [4.69, 9.17) is 4.74 Å². The van der Waals surface area contributed by atoms with Crippen LogP contribution in [0.15, 0.2) is 17.1 Å². The number of nitrogens with one attached hydrogen (secondary N) is 1. The summed E-state index contributed by atoms with van der Waals surface area (Å²) >= 11 is 0. The Balaban J connectivity index is 1.71. The predicted molar refractivity (Wildman–Crippen MR) is 107 cm³/mol. The fourth-order valence-corrected chi connectivity index (χ4v) is 4.95. The van der Waals surface area contributed by atoms with Gasteiger partial charge >= 0.3 is 5.97 Å². The molecule has 0 amide bonds. The van der Waals surface area contributed by atoms with Gasteiger partial charge in [0.05, 0.1) is 23.9 Å². The monoisotopic (exact) mass is 437 g/mol. The van der Waals surface area contributed by atoms with E-state index in [2.05, 4.69) is 5.32 Å². The van der Waals surface area contributed by atoms with Gasteiger partial charge in [0, 0.05) is 44.3 Å². The lowest BCUT2D eigenvalue weighted by Gasteiger charge is -2.33. The number of aromatic carboxylic acids is 1. The van der Waals surface area contributed by atoms with Crippen molar-refractivity contribution in [3.63, 3.8) is 0 Å². The molecule has 0 radical (unpaired) electrons. The summed E-state index contributed by atoms with van der Waals surface area (Å²) < 4.78 is 51.4. The van der Waals surface area contributed by atoms with E-state index in [1.807, 2.05) is 0 Å². The van der Waals surface area contributed by atoms with Crippen molar-refractivity contribution in [3.8, 4) is 5.75 Å². The third-order valence-corrected chi connectivity index (χ3v) is 6.62. The van der Waals surface area contributed by atoms with Crippen LogP contribution in [-0.4, -0.2) is 54.4 Å². The Morgan fingerprint density at radius 1 is 1.32 bits per heavy atom. The molecule has 2 saturated heterocycles. The zero-order valence-electron chi connectivity index (χ0n) is 16.8. The highest BCUT2D eigenvalue weighted by Crippen LogP contribution is 2.46. The van der Waals surface area contributed by atoms with Crippen LogP contribution in [0.1, 0.15) is 35.7 Å². The lowest BCUT2D eigenvalue weighted by Crippen LogP contribution is -2.51. The van der Waals surface area contributed by atoms with Crippen LogP contribution >= 0.6 is 0 Å². The van der Waals surface area contributed by atoms with Crippen LogP contribution in [0.5, 0.6) is 5.75 Å². The minimum absolute atomic E-state index is 0.0267. The number of nitrogens with zero attached hydrogens (tertiary/aromatic N) is 2. The van der Waals surface area contributed by atoms with E-state index in [0.29, 0.717) is 5.52 Å². The minimum atomic E-state index is -2.85. The molecule has 31 heavy (non-hydrogen) atoms. The van der Waals surface area contributed by atoms with Gasteiger partial charge < -0.3 is 24.6 Å². The molecule has 1 aromatic heterocycles. The Morgan fingerprint density at radius 3 is 2.68 bits per heavy atom. The average Bonchev–Trinajstić information content (AvgIpc) is 3.45. The van der Waals surface area contributed by atoms with Gasteiger partial charge in [0.2, 0.25) is 5.43 Å². The van der Waals surface area contributed by atoms with E-state index in [-0.39, 0.29) is 48.9 Å². The highest BCUT2D eigenvalue weighted by atomic mass is 19.3. The molecule has 1 saturated carbocycles. The molecule has 2 aromatic rings. The largest absolute Gasteiger partial charge is 0.492 e. The first-order valence-corrected chi connectivity index (χ1v) is 10.3. The SMILES string of the molecule is COc1c(N2CC3NCCC(F)(F)C3C2)c(F)cc2c(=O)c(C(=O)O)cn(C3CC3)c12. The number of benzene rings is 1. The summed E-state index contributed by atoms with van der Waals surface area (Å²) in [6.07, 6.45) is 2.58. The van der Waals surface area contributed by atoms with Crippen molar-refractivity contribution < 1.29 is 27.8 Å². The summed E-state index contributed by atoms with van der Waals surface area (Å²) in [5, 5.41) is 12.4. The number of halogens is 3. The number of ether oxygens (including phenoxy) is 1. The van der Waals surface area contributed by atoms with Crippen molar-refractivity contribution in [1.82, 2.24) is 9.88 Å². The number of piperidine rings is 1. The maximum atomic E-state index is 15.3. The Kier molecular flexibility index (Phi) is 4.47. The van der Waals surface area contributed by atoms with E-state index in [1.165, 1.54) is 13.3 Å². The minimum Gasteiger partial charge on any atom is -0.492 e. The van der Waals surface area contributed by atoms with E-state index in [0.717, 1.165) is 18.9 Å². The van der Waals surface area contributed by atoms with Crippen molar-refractivity contribution in [2.24, 2.45) is 5.92 Å². The fraction of sp³-hybridized carbons (Fsp3) is 0.524. The van der Waals surface area contributed by atoms with E-state index < -0.39 is 40.7 Å². The van der Waals surface area contributed by atoms with Gasteiger partial charge in [-0.25, -0.2) is 18.0 Å². The molecule has 2 aliphatic heterocycles. The molecule has 3 fully saturated rings. The molecule has 3 aliphatic rings. The number of fused-ring (bicyclic) bond motifs is 2. The second kappa shape index (κ2) is 6.88. The summed E-state index contributed by atoms with van der Waals surface area (Å²) in [4.78, 5) is 25.9. The number of alkyl halides is 2. The predicted octanol–water partition coefficient (Wildman–Crippen LogP) is 2.62. The van der Waals surface area contributed by atoms with E-state index in [9.17, 15) is 23.5 Å². The molecule has 0 spiro atoms. The van der Waals surface area contributed by atoms with Gasteiger partial charge in [0.1, 0.15) is 11.3 Å². The number of aromatic nitrogens is 1. The number of carboxylic acids is 1. The van der Waals surface area contributed by atoms with Gasteiger partial charge in [-0.15, -0.1) is 0 Å². The van der Waals surface area contributed by atoms with Gasteiger partial charge in [-0.3, -0.25) is 4.79 Å². The molecule has 5 rings (SSSR count). The van der Waals surface area contributed by atoms with Crippen molar-refractivity contribution in [3.05, 3.63) is 33.9 Å². The van der Waals surface area contributed by atoms with Crippen LogP contribution in [0, 0.1) is 11.7 Å². The normalized spacial score (nSPS) is 25.0. The fourth-order valence-electron chi connectivity index (χ4n) is 4.95. The number of pyridine rings is 1. The van der Waals surface area contributed by atoms with E-state index >= 15 is 4.39 Å². The quantitative estimate of drug-likeness (QED) is 0.765. The van der Waals surface area contributed by atoms with E-state index in [1.54, 1.807) is 9.47 Å². The maximum absolute atomic E-state index is 15.3. The summed E-state index contributed by atoms with van der Waals surface area (Å²) in [5.41, 5.74) is -0.916. The van der Waals surface area contributed by atoms with Crippen LogP contribution in [0.3, 0.4) is 0 Å². The second-order valence-electron chi connectivity index (χ2n) is 8.54.